The first-order chi connectivity index (χ1) is 16.2. The summed E-state index contributed by atoms with van der Waals surface area (Å²) in [5, 5.41) is 10.1. The predicted octanol–water partition coefficient (Wildman–Crippen LogP) is 6.71. The number of nitrogens with one attached hydrogen (secondary N) is 2. The molecule has 188 valence electrons. The van der Waals surface area contributed by atoms with Crippen molar-refractivity contribution in [3.05, 3.63) is 58.4 Å². The van der Waals surface area contributed by atoms with Crippen LogP contribution in [0.25, 0.3) is 21.8 Å². The number of aromatic carboxylic acids is 1. The highest BCUT2D eigenvalue weighted by Gasteiger charge is 2.36. The number of fused-ring (bicyclic) bond motifs is 2. The lowest BCUT2D eigenvalue weighted by Gasteiger charge is -2.12. The van der Waals surface area contributed by atoms with Crippen LogP contribution in [0.2, 0.25) is 0 Å². The third-order valence-electron chi connectivity index (χ3n) is 5.41. The monoisotopic (exact) mass is 502 g/mol. The Hall–Kier alpha value is -3.83. The average Bonchev–Trinajstić information content (AvgIpc) is 3.30. The van der Waals surface area contributed by atoms with E-state index in [0.717, 1.165) is 30.2 Å². The molecule has 0 amide bonds. The van der Waals surface area contributed by atoms with Crippen molar-refractivity contribution in [1.82, 2.24) is 9.97 Å². The number of hydrogen-bond acceptors (Lipinski definition) is 3. The van der Waals surface area contributed by atoms with Crippen molar-refractivity contribution in [3.8, 4) is 11.5 Å². The molecule has 4 aromatic rings. The van der Waals surface area contributed by atoms with Gasteiger partial charge in [0, 0.05) is 28.0 Å². The van der Waals surface area contributed by atoms with Crippen LogP contribution < -0.4 is 9.47 Å². The molecule has 2 heterocycles. The summed E-state index contributed by atoms with van der Waals surface area (Å²) in [5.41, 5.74) is 0.00613. The Labute approximate surface area is 194 Å². The number of carboxylic acids is 1. The van der Waals surface area contributed by atoms with Crippen LogP contribution in [-0.4, -0.2) is 35.3 Å². The number of H-pyrrole nitrogens is 2. The first-order valence-corrected chi connectivity index (χ1v) is 9.92. The van der Waals surface area contributed by atoms with Crippen LogP contribution in [0.3, 0.4) is 0 Å². The summed E-state index contributed by atoms with van der Waals surface area (Å²) in [6.07, 6.45) is -7.30. The average molecular weight is 502 g/mol. The van der Waals surface area contributed by atoms with E-state index in [9.17, 15) is 31.1 Å². The number of aromatic nitrogens is 2. The van der Waals surface area contributed by atoms with Gasteiger partial charge in [0.25, 0.3) is 0 Å². The smallest absolute Gasteiger partial charge is 0.420 e. The van der Waals surface area contributed by atoms with Gasteiger partial charge in [-0.25, -0.2) is 4.79 Å². The van der Waals surface area contributed by atoms with Crippen molar-refractivity contribution in [1.29, 1.82) is 0 Å². The molecule has 0 spiro atoms. The molecule has 6 nitrogen and oxygen atoms in total. The Morgan fingerprint density at radius 1 is 0.829 bits per heavy atom. The van der Waals surface area contributed by atoms with Crippen molar-refractivity contribution in [3.63, 3.8) is 0 Å². The highest BCUT2D eigenvalue weighted by atomic mass is 19.4. The number of ether oxygens (including phenoxy) is 2. The lowest BCUT2D eigenvalue weighted by Crippen LogP contribution is -2.07. The van der Waals surface area contributed by atoms with Crippen molar-refractivity contribution in [2.75, 3.05) is 14.2 Å². The summed E-state index contributed by atoms with van der Waals surface area (Å²) < 4.78 is 86.0. The molecule has 2 aromatic heterocycles. The van der Waals surface area contributed by atoms with E-state index >= 15 is 0 Å². The molecule has 35 heavy (non-hydrogen) atoms. The van der Waals surface area contributed by atoms with Gasteiger partial charge in [0.15, 0.2) is 0 Å². The van der Waals surface area contributed by atoms with Gasteiger partial charge in [0.05, 0.1) is 25.3 Å². The molecule has 0 unspecified atom stereocenters. The normalized spacial score (nSPS) is 11.9. The Morgan fingerprint density at radius 2 is 1.31 bits per heavy atom. The minimum Gasteiger partial charge on any atom is -0.496 e. The summed E-state index contributed by atoms with van der Waals surface area (Å²) in [6, 6.07) is 4.52. The number of carbonyl (C=O) groups is 1. The molecule has 4 rings (SSSR count). The second kappa shape index (κ2) is 9.08. The SMILES string of the molecule is COc1cc2c(C)c(C(=O)O)[nH]c2cc1C(F)(F)F.COc1cc2c(C)c[nH]c2cc1C(F)(F)F. The summed E-state index contributed by atoms with van der Waals surface area (Å²) >= 11 is 0. The molecular weight excluding hydrogens is 482 g/mol. The Kier molecular flexibility index (Phi) is 6.69. The third kappa shape index (κ3) is 5.00. The van der Waals surface area contributed by atoms with E-state index in [1.807, 2.05) is 6.92 Å². The van der Waals surface area contributed by atoms with Crippen LogP contribution in [0.1, 0.15) is 32.7 Å². The Bertz CT molecular complexity index is 1400. The number of alkyl halides is 6. The van der Waals surface area contributed by atoms with Crippen LogP contribution in [0.5, 0.6) is 11.5 Å². The van der Waals surface area contributed by atoms with Gasteiger partial charge < -0.3 is 24.5 Å². The number of halogens is 6. The minimum absolute atomic E-state index is 0.114. The van der Waals surface area contributed by atoms with E-state index in [-0.39, 0.29) is 22.7 Å². The third-order valence-corrected chi connectivity index (χ3v) is 5.41. The first kappa shape index (κ1) is 25.8. The number of carboxylic acid groups (broad SMARTS) is 1. The zero-order valence-electron chi connectivity index (χ0n) is 18.8. The largest absolute Gasteiger partial charge is 0.496 e. The summed E-state index contributed by atoms with van der Waals surface area (Å²) in [7, 11) is 2.37. The van der Waals surface area contributed by atoms with Gasteiger partial charge >= 0.3 is 18.3 Å². The van der Waals surface area contributed by atoms with Gasteiger partial charge in [0.2, 0.25) is 0 Å². The molecule has 0 radical (unpaired) electrons. The molecule has 3 N–H and O–H groups in total. The number of aromatic amines is 2. The zero-order chi connectivity index (χ0) is 26.3. The molecule has 0 saturated carbocycles. The maximum Gasteiger partial charge on any atom is 0.420 e. The van der Waals surface area contributed by atoms with E-state index in [4.69, 9.17) is 14.6 Å². The lowest BCUT2D eigenvalue weighted by molar-refractivity contribution is -0.139. The zero-order valence-corrected chi connectivity index (χ0v) is 18.8. The van der Waals surface area contributed by atoms with E-state index in [1.165, 1.54) is 26.2 Å². The fourth-order valence-corrected chi connectivity index (χ4v) is 3.64. The van der Waals surface area contributed by atoms with Gasteiger partial charge in [0.1, 0.15) is 17.2 Å². The fraction of sp³-hybridized carbons (Fsp3) is 0.261. The van der Waals surface area contributed by atoms with Gasteiger partial charge in [-0.1, -0.05) is 0 Å². The second-order valence-electron chi connectivity index (χ2n) is 7.59. The molecule has 0 saturated heterocycles. The van der Waals surface area contributed by atoms with Gasteiger partial charge in [-0.05, 0) is 49.2 Å². The molecular formula is C23H20F6N2O4. The molecule has 0 aliphatic carbocycles. The van der Waals surface area contributed by atoms with E-state index < -0.39 is 29.4 Å². The quantitative estimate of drug-likeness (QED) is 0.272. The van der Waals surface area contributed by atoms with Gasteiger partial charge in [-0.15, -0.1) is 0 Å². The topological polar surface area (TPSA) is 87.3 Å². The number of hydrogen-bond donors (Lipinski definition) is 3. The maximum atomic E-state index is 12.8. The summed E-state index contributed by atoms with van der Waals surface area (Å²) in [5.74, 6) is -1.71. The molecule has 2 aromatic carbocycles. The molecule has 0 bridgehead atoms. The Balaban J connectivity index is 0.000000198. The molecule has 0 fully saturated rings. The van der Waals surface area contributed by atoms with Crippen LogP contribution >= 0.6 is 0 Å². The highest BCUT2D eigenvalue weighted by molar-refractivity contribution is 5.98. The van der Waals surface area contributed by atoms with E-state index in [1.54, 1.807) is 6.20 Å². The highest BCUT2D eigenvalue weighted by Crippen LogP contribution is 2.40. The minimum atomic E-state index is -4.57. The number of methoxy groups -OCH3 is 2. The molecule has 0 atom stereocenters. The second-order valence-corrected chi connectivity index (χ2v) is 7.59. The number of aryl methyl sites for hydroxylation is 2. The first-order valence-electron chi connectivity index (χ1n) is 9.92. The number of benzene rings is 2. The van der Waals surface area contributed by atoms with Gasteiger partial charge in [-0.2, -0.15) is 26.3 Å². The fourth-order valence-electron chi connectivity index (χ4n) is 3.64. The molecule has 0 aliphatic rings. The van der Waals surface area contributed by atoms with Crippen LogP contribution in [0, 0.1) is 13.8 Å². The van der Waals surface area contributed by atoms with E-state index in [0.29, 0.717) is 16.5 Å². The van der Waals surface area contributed by atoms with Crippen molar-refractivity contribution >= 4 is 27.8 Å². The van der Waals surface area contributed by atoms with Crippen LogP contribution in [0.4, 0.5) is 26.3 Å². The molecule has 12 heteroatoms. The maximum absolute atomic E-state index is 12.8. The molecule has 0 aliphatic heterocycles. The lowest BCUT2D eigenvalue weighted by atomic mass is 10.1. The van der Waals surface area contributed by atoms with Crippen molar-refractivity contribution in [2.45, 2.75) is 26.2 Å². The van der Waals surface area contributed by atoms with Crippen molar-refractivity contribution < 1.29 is 45.7 Å². The Morgan fingerprint density at radius 3 is 1.77 bits per heavy atom. The van der Waals surface area contributed by atoms with Crippen molar-refractivity contribution in [2.24, 2.45) is 0 Å². The van der Waals surface area contributed by atoms with Gasteiger partial charge in [-0.3, -0.25) is 0 Å². The summed E-state index contributed by atoms with van der Waals surface area (Å²) in [6.45, 7) is 3.35. The van der Waals surface area contributed by atoms with Crippen LogP contribution in [0.15, 0.2) is 30.5 Å². The summed E-state index contributed by atoms with van der Waals surface area (Å²) in [4.78, 5) is 16.2. The number of rotatable bonds is 3. The standard InChI is InChI=1S/C12H10F3NO3.C11H10F3NO/c1-5-6-3-9(19-2)7(12(13,14)15)4-8(6)16-10(5)11(17)18;1-6-5-15-9-4-8(11(12,13)14)10(16-2)3-7(6)9/h3-4,16H,1-2H3,(H,17,18);3-5,15H,1-2H3. The predicted molar refractivity (Wildman–Crippen MR) is 116 cm³/mol. The van der Waals surface area contributed by atoms with Crippen LogP contribution in [-0.2, 0) is 12.4 Å². The van der Waals surface area contributed by atoms with E-state index in [2.05, 4.69) is 9.97 Å².